The number of benzene rings is 1. The number of halogens is 2. The first-order valence-electron chi connectivity index (χ1n) is 6.18. The van der Waals surface area contributed by atoms with Gasteiger partial charge in [-0.1, -0.05) is 12.1 Å². The summed E-state index contributed by atoms with van der Waals surface area (Å²) in [6.45, 7) is -1.89. The van der Waals surface area contributed by atoms with Crippen molar-refractivity contribution in [2.24, 2.45) is 5.73 Å². The van der Waals surface area contributed by atoms with Gasteiger partial charge in [0.25, 0.3) is 0 Å². The van der Waals surface area contributed by atoms with E-state index in [1.54, 1.807) is 19.2 Å². The summed E-state index contributed by atoms with van der Waals surface area (Å²) in [5, 5.41) is 1.97. The lowest BCUT2D eigenvalue weighted by Gasteiger charge is -2.16. The lowest BCUT2D eigenvalue weighted by atomic mass is 10.2. The number of amides is 3. The van der Waals surface area contributed by atoms with Crippen molar-refractivity contribution in [3.63, 3.8) is 0 Å². The van der Waals surface area contributed by atoms with E-state index < -0.39 is 18.5 Å². The highest BCUT2D eigenvalue weighted by molar-refractivity contribution is 5.93. The summed E-state index contributed by atoms with van der Waals surface area (Å²) in [6, 6.07) is 5.36. The monoisotopic (exact) mass is 301 g/mol. The zero-order valence-electron chi connectivity index (χ0n) is 11.5. The van der Waals surface area contributed by atoms with Crippen molar-refractivity contribution < 1.29 is 23.1 Å². The van der Waals surface area contributed by atoms with Crippen LogP contribution in [0.1, 0.15) is 12.0 Å². The van der Waals surface area contributed by atoms with Gasteiger partial charge in [0.1, 0.15) is 5.75 Å². The van der Waals surface area contributed by atoms with Crippen molar-refractivity contribution in [3.8, 4) is 5.75 Å². The summed E-state index contributed by atoms with van der Waals surface area (Å²) in [5.41, 5.74) is 5.71. The van der Waals surface area contributed by atoms with Gasteiger partial charge >= 0.3 is 12.6 Å². The first kappa shape index (κ1) is 16.8. The maximum atomic E-state index is 12.0. The summed E-state index contributed by atoms with van der Waals surface area (Å²) < 4.78 is 28.2. The maximum Gasteiger partial charge on any atom is 0.387 e. The number of nitrogens with zero attached hydrogens (tertiary/aromatic N) is 1. The first-order chi connectivity index (χ1) is 9.86. The van der Waals surface area contributed by atoms with Crippen LogP contribution in [-0.2, 0) is 11.3 Å². The Balaban J connectivity index is 2.38. The van der Waals surface area contributed by atoms with Crippen LogP contribution in [0.5, 0.6) is 5.75 Å². The quantitative estimate of drug-likeness (QED) is 0.795. The molecule has 0 saturated heterocycles. The fourth-order valence-electron chi connectivity index (χ4n) is 1.66. The molecule has 6 nitrogen and oxygen atoms in total. The van der Waals surface area contributed by atoms with Crippen LogP contribution in [0.4, 0.5) is 13.6 Å². The predicted octanol–water partition coefficient (Wildman–Crippen LogP) is 1.30. The second-order valence-electron chi connectivity index (χ2n) is 4.42. The van der Waals surface area contributed by atoms with Gasteiger partial charge in [-0.3, -0.25) is 10.1 Å². The van der Waals surface area contributed by atoms with E-state index in [0.717, 1.165) is 5.56 Å². The van der Waals surface area contributed by atoms with Crippen molar-refractivity contribution in [3.05, 3.63) is 29.8 Å². The van der Waals surface area contributed by atoms with Crippen LogP contribution in [0.2, 0.25) is 0 Å². The summed E-state index contributed by atoms with van der Waals surface area (Å²) in [7, 11) is 1.79. The number of nitrogens with one attached hydrogen (secondary N) is 1. The van der Waals surface area contributed by atoms with E-state index in [2.05, 4.69) is 4.74 Å². The minimum atomic E-state index is -2.85. The maximum absolute atomic E-state index is 12.0. The third-order valence-electron chi connectivity index (χ3n) is 2.58. The smallest absolute Gasteiger partial charge is 0.387 e. The summed E-state index contributed by atoms with van der Waals surface area (Å²) in [4.78, 5) is 23.5. The van der Waals surface area contributed by atoms with Crippen LogP contribution in [0.15, 0.2) is 24.3 Å². The molecule has 0 bridgehead atoms. The molecule has 116 valence electrons. The van der Waals surface area contributed by atoms with Gasteiger partial charge in [0.05, 0.1) is 0 Å². The fraction of sp³-hybridized carbons (Fsp3) is 0.385. The molecular formula is C13H17F2N3O3. The predicted molar refractivity (Wildman–Crippen MR) is 71.8 cm³/mol. The standard InChI is InChI=1S/C13H17F2N3O3/c1-18(7-6-11(19)17-13(16)20)8-9-2-4-10(5-3-9)21-12(14)15/h2-5,12H,6-8H2,1H3,(H3,16,17,19,20). The Kier molecular flexibility index (Phi) is 6.54. The van der Waals surface area contributed by atoms with E-state index in [9.17, 15) is 18.4 Å². The molecule has 1 aromatic carbocycles. The normalized spacial score (nSPS) is 10.7. The second-order valence-corrected chi connectivity index (χ2v) is 4.42. The molecule has 21 heavy (non-hydrogen) atoms. The molecule has 0 saturated carbocycles. The highest BCUT2D eigenvalue weighted by atomic mass is 19.3. The number of imide groups is 1. The van der Waals surface area contributed by atoms with Gasteiger partial charge in [0.2, 0.25) is 5.91 Å². The Morgan fingerprint density at radius 1 is 1.33 bits per heavy atom. The molecule has 3 amide bonds. The van der Waals surface area contributed by atoms with E-state index in [0.29, 0.717) is 13.1 Å². The van der Waals surface area contributed by atoms with Crippen LogP contribution in [0.25, 0.3) is 0 Å². The third-order valence-corrected chi connectivity index (χ3v) is 2.58. The number of urea groups is 1. The average Bonchev–Trinajstić information content (AvgIpc) is 2.37. The lowest BCUT2D eigenvalue weighted by molar-refractivity contribution is -0.120. The highest BCUT2D eigenvalue weighted by Gasteiger charge is 2.08. The topological polar surface area (TPSA) is 84.7 Å². The number of carbonyl (C=O) groups excluding carboxylic acids is 2. The number of rotatable bonds is 7. The Morgan fingerprint density at radius 2 is 1.95 bits per heavy atom. The summed E-state index contributed by atoms with van der Waals surface area (Å²) in [6.07, 6.45) is 0.131. The van der Waals surface area contributed by atoms with Crippen molar-refractivity contribution in [1.82, 2.24) is 10.2 Å². The number of primary amides is 1. The molecule has 0 radical (unpaired) electrons. The molecular weight excluding hydrogens is 284 g/mol. The van der Waals surface area contributed by atoms with Gasteiger partial charge in [-0.2, -0.15) is 8.78 Å². The van der Waals surface area contributed by atoms with E-state index in [4.69, 9.17) is 5.73 Å². The molecule has 8 heteroatoms. The summed E-state index contributed by atoms with van der Waals surface area (Å²) >= 11 is 0. The van der Waals surface area contributed by atoms with Crippen LogP contribution in [-0.4, -0.2) is 37.0 Å². The van der Waals surface area contributed by atoms with E-state index >= 15 is 0 Å². The molecule has 0 spiro atoms. The number of alkyl halides is 2. The molecule has 0 aliphatic rings. The lowest BCUT2D eigenvalue weighted by Crippen LogP contribution is -2.36. The second kappa shape index (κ2) is 8.15. The minimum absolute atomic E-state index is 0.0947. The number of hydrogen-bond donors (Lipinski definition) is 2. The number of carbonyl (C=O) groups is 2. The van der Waals surface area contributed by atoms with Crippen molar-refractivity contribution in [2.75, 3.05) is 13.6 Å². The molecule has 0 aliphatic heterocycles. The largest absolute Gasteiger partial charge is 0.435 e. The SMILES string of the molecule is CN(CCC(=O)NC(N)=O)Cc1ccc(OC(F)F)cc1. The van der Waals surface area contributed by atoms with Gasteiger partial charge in [-0.15, -0.1) is 0 Å². The van der Waals surface area contributed by atoms with Crippen LogP contribution >= 0.6 is 0 Å². The molecule has 0 aromatic heterocycles. The number of nitrogens with two attached hydrogens (primary N) is 1. The highest BCUT2D eigenvalue weighted by Crippen LogP contribution is 2.15. The average molecular weight is 301 g/mol. The zero-order valence-corrected chi connectivity index (χ0v) is 11.5. The zero-order chi connectivity index (χ0) is 15.8. The van der Waals surface area contributed by atoms with Crippen LogP contribution in [0, 0.1) is 0 Å². The first-order valence-corrected chi connectivity index (χ1v) is 6.18. The molecule has 0 aliphatic carbocycles. The van der Waals surface area contributed by atoms with Gasteiger partial charge in [-0.25, -0.2) is 4.79 Å². The van der Waals surface area contributed by atoms with E-state index in [-0.39, 0.29) is 12.2 Å². The molecule has 0 heterocycles. The molecule has 0 fully saturated rings. The molecule has 1 rings (SSSR count). The Labute approximate surface area is 120 Å². The van der Waals surface area contributed by atoms with Gasteiger partial charge in [0, 0.05) is 19.5 Å². The van der Waals surface area contributed by atoms with Gasteiger partial charge < -0.3 is 15.4 Å². The Morgan fingerprint density at radius 3 is 2.48 bits per heavy atom. The van der Waals surface area contributed by atoms with Crippen LogP contribution < -0.4 is 15.8 Å². The van der Waals surface area contributed by atoms with E-state index in [1.165, 1.54) is 12.1 Å². The van der Waals surface area contributed by atoms with Crippen molar-refractivity contribution in [1.29, 1.82) is 0 Å². The molecule has 3 N–H and O–H groups in total. The molecule has 0 atom stereocenters. The fourth-order valence-corrected chi connectivity index (χ4v) is 1.66. The Hall–Kier alpha value is -2.22. The third kappa shape index (κ3) is 7.21. The summed E-state index contributed by atoms with van der Waals surface area (Å²) in [5.74, 6) is -0.354. The number of ether oxygens (including phenoxy) is 1. The molecule has 0 unspecified atom stereocenters. The minimum Gasteiger partial charge on any atom is -0.435 e. The van der Waals surface area contributed by atoms with Crippen LogP contribution in [0.3, 0.4) is 0 Å². The van der Waals surface area contributed by atoms with Gasteiger partial charge in [-0.05, 0) is 24.7 Å². The van der Waals surface area contributed by atoms with E-state index in [1.807, 2.05) is 10.2 Å². The molecule has 1 aromatic rings. The van der Waals surface area contributed by atoms with Crippen molar-refractivity contribution in [2.45, 2.75) is 19.6 Å². The van der Waals surface area contributed by atoms with Crippen molar-refractivity contribution >= 4 is 11.9 Å². The van der Waals surface area contributed by atoms with Gasteiger partial charge in [0.15, 0.2) is 0 Å². The number of hydrogen-bond acceptors (Lipinski definition) is 4. The Bertz CT molecular complexity index is 480.